The van der Waals surface area contributed by atoms with E-state index in [0.29, 0.717) is 0 Å². The SMILES string of the molecule is COc1nccc(F)c1Cl. The molecule has 0 saturated heterocycles. The van der Waals surface area contributed by atoms with Crippen molar-refractivity contribution in [1.29, 1.82) is 0 Å². The minimum Gasteiger partial charge on any atom is -0.480 e. The zero-order chi connectivity index (χ0) is 7.56. The Labute approximate surface area is 62.6 Å². The molecule has 0 unspecified atom stereocenters. The fourth-order valence-corrected chi connectivity index (χ4v) is 0.734. The largest absolute Gasteiger partial charge is 0.480 e. The van der Waals surface area contributed by atoms with Crippen LogP contribution < -0.4 is 4.74 Å². The maximum Gasteiger partial charge on any atom is 0.235 e. The van der Waals surface area contributed by atoms with Crippen molar-refractivity contribution in [1.82, 2.24) is 4.98 Å². The first-order chi connectivity index (χ1) is 4.75. The Kier molecular flexibility index (Phi) is 2.06. The molecule has 2 nitrogen and oxygen atoms in total. The van der Waals surface area contributed by atoms with Crippen LogP contribution in [0.3, 0.4) is 0 Å². The van der Waals surface area contributed by atoms with Gasteiger partial charge >= 0.3 is 0 Å². The van der Waals surface area contributed by atoms with Crippen molar-refractivity contribution >= 4 is 11.6 Å². The van der Waals surface area contributed by atoms with Crippen LogP contribution in [0, 0.1) is 5.82 Å². The van der Waals surface area contributed by atoms with Crippen LogP contribution >= 0.6 is 11.6 Å². The quantitative estimate of drug-likeness (QED) is 0.628. The Morgan fingerprint density at radius 2 is 2.40 bits per heavy atom. The molecule has 0 aromatic carbocycles. The first kappa shape index (κ1) is 7.28. The molecule has 0 amide bonds. The average molecular weight is 162 g/mol. The molecular weight excluding hydrogens is 157 g/mol. The van der Waals surface area contributed by atoms with Crippen molar-refractivity contribution in [3.05, 3.63) is 23.1 Å². The number of hydrogen-bond donors (Lipinski definition) is 0. The number of hydrogen-bond acceptors (Lipinski definition) is 2. The summed E-state index contributed by atoms with van der Waals surface area (Å²) in [5, 5.41) is -0.0787. The first-order valence-corrected chi connectivity index (χ1v) is 2.97. The predicted octanol–water partition coefficient (Wildman–Crippen LogP) is 1.88. The molecule has 0 atom stereocenters. The molecule has 0 N–H and O–H groups in total. The lowest BCUT2D eigenvalue weighted by atomic mass is 10.4. The molecule has 0 spiro atoms. The highest BCUT2D eigenvalue weighted by atomic mass is 35.5. The molecular formula is C6H5ClFNO. The number of halogens is 2. The predicted molar refractivity (Wildman–Crippen MR) is 35.8 cm³/mol. The molecule has 1 rings (SSSR count). The van der Waals surface area contributed by atoms with E-state index < -0.39 is 5.82 Å². The van der Waals surface area contributed by atoms with Gasteiger partial charge in [-0.15, -0.1) is 0 Å². The molecule has 0 aliphatic heterocycles. The zero-order valence-corrected chi connectivity index (χ0v) is 6.02. The maximum absolute atomic E-state index is 12.5. The third kappa shape index (κ3) is 1.19. The standard InChI is InChI=1S/C6H5ClFNO/c1-10-6-5(7)4(8)2-3-9-6/h2-3H,1H3. The highest BCUT2D eigenvalue weighted by Crippen LogP contribution is 2.22. The van der Waals surface area contributed by atoms with Gasteiger partial charge in [-0.05, 0) is 6.07 Å². The van der Waals surface area contributed by atoms with E-state index in [2.05, 4.69) is 9.72 Å². The van der Waals surface area contributed by atoms with Crippen molar-refractivity contribution in [2.45, 2.75) is 0 Å². The molecule has 10 heavy (non-hydrogen) atoms. The van der Waals surface area contributed by atoms with Gasteiger partial charge in [0.1, 0.15) is 10.8 Å². The van der Waals surface area contributed by atoms with Crippen LogP contribution in [0.4, 0.5) is 4.39 Å². The van der Waals surface area contributed by atoms with Gasteiger partial charge in [-0.3, -0.25) is 0 Å². The maximum atomic E-state index is 12.5. The van der Waals surface area contributed by atoms with Gasteiger partial charge in [-0.25, -0.2) is 9.37 Å². The second-order valence-corrected chi connectivity index (χ2v) is 1.99. The van der Waals surface area contributed by atoms with E-state index >= 15 is 0 Å². The Hall–Kier alpha value is -0.830. The van der Waals surface area contributed by atoms with Crippen LogP contribution in [0.1, 0.15) is 0 Å². The molecule has 0 radical (unpaired) electrons. The van der Waals surface area contributed by atoms with E-state index in [1.807, 2.05) is 0 Å². The van der Waals surface area contributed by atoms with E-state index in [0.717, 1.165) is 0 Å². The number of ether oxygens (including phenoxy) is 1. The molecule has 0 aliphatic rings. The number of pyridine rings is 1. The lowest BCUT2D eigenvalue weighted by Crippen LogP contribution is -1.89. The third-order valence-electron chi connectivity index (χ3n) is 1.00. The van der Waals surface area contributed by atoms with Crippen molar-refractivity contribution in [2.24, 2.45) is 0 Å². The summed E-state index contributed by atoms with van der Waals surface area (Å²) in [6, 6.07) is 1.17. The van der Waals surface area contributed by atoms with Crippen molar-refractivity contribution in [3.8, 4) is 5.88 Å². The molecule has 0 bridgehead atoms. The molecule has 54 valence electrons. The smallest absolute Gasteiger partial charge is 0.235 e. The molecule has 1 heterocycles. The van der Waals surface area contributed by atoms with Crippen LogP contribution in [0.25, 0.3) is 0 Å². The summed E-state index contributed by atoms with van der Waals surface area (Å²) in [5.41, 5.74) is 0. The van der Waals surface area contributed by atoms with Crippen LogP contribution in [0.15, 0.2) is 12.3 Å². The van der Waals surface area contributed by atoms with Crippen LogP contribution in [-0.2, 0) is 0 Å². The average Bonchev–Trinajstić information content (AvgIpc) is 1.95. The summed E-state index contributed by atoms with van der Waals surface area (Å²) in [4.78, 5) is 3.66. The van der Waals surface area contributed by atoms with Gasteiger partial charge in [0.25, 0.3) is 0 Å². The van der Waals surface area contributed by atoms with Crippen LogP contribution in [0.2, 0.25) is 5.02 Å². The van der Waals surface area contributed by atoms with E-state index in [1.54, 1.807) is 0 Å². The number of aromatic nitrogens is 1. The number of methoxy groups -OCH3 is 1. The molecule has 1 aromatic heterocycles. The van der Waals surface area contributed by atoms with Gasteiger partial charge in [0, 0.05) is 6.20 Å². The van der Waals surface area contributed by atoms with Gasteiger partial charge in [-0.2, -0.15) is 0 Å². The van der Waals surface area contributed by atoms with Gasteiger partial charge in [-0.1, -0.05) is 11.6 Å². The summed E-state index contributed by atoms with van der Waals surface area (Å²) < 4.78 is 17.2. The summed E-state index contributed by atoms with van der Waals surface area (Å²) in [6.07, 6.45) is 1.29. The Bertz CT molecular complexity index is 241. The Morgan fingerprint density at radius 1 is 1.70 bits per heavy atom. The molecule has 0 aliphatic carbocycles. The van der Waals surface area contributed by atoms with Gasteiger partial charge in [0.05, 0.1) is 7.11 Å². The summed E-state index contributed by atoms with van der Waals surface area (Å²) in [7, 11) is 1.38. The fourth-order valence-electron chi connectivity index (χ4n) is 0.545. The topological polar surface area (TPSA) is 22.1 Å². The van der Waals surface area contributed by atoms with E-state index in [1.165, 1.54) is 19.4 Å². The highest BCUT2D eigenvalue weighted by molar-refractivity contribution is 6.31. The van der Waals surface area contributed by atoms with Crippen LogP contribution in [0.5, 0.6) is 5.88 Å². The minimum atomic E-state index is -0.520. The molecule has 0 saturated carbocycles. The van der Waals surface area contributed by atoms with Crippen molar-refractivity contribution < 1.29 is 9.13 Å². The lowest BCUT2D eigenvalue weighted by molar-refractivity contribution is 0.394. The lowest BCUT2D eigenvalue weighted by Gasteiger charge is -1.99. The Morgan fingerprint density at radius 3 is 2.90 bits per heavy atom. The monoisotopic (exact) mass is 161 g/mol. The van der Waals surface area contributed by atoms with Crippen LogP contribution in [-0.4, -0.2) is 12.1 Å². The van der Waals surface area contributed by atoms with E-state index in [9.17, 15) is 4.39 Å². The van der Waals surface area contributed by atoms with Crippen molar-refractivity contribution in [3.63, 3.8) is 0 Å². The van der Waals surface area contributed by atoms with Gasteiger partial charge in [0.15, 0.2) is 0 Å². The molecule has 1 aromatic rings. The summed E-state index contributed by atoms with van der Waals surface area (Å²) >= 11 is 5.43. The van der Waals surface area contributed by atoms with Gasteiger partial charge < -0.3 is 4.74 Å². The van der Waals surface area contributed by atoms with E-state index in [-0.39, 0.29) is 10.9 Å². The third-order valence-corrected chi connectivity index (χ3v) is 1.35. The minimum absolute atomic E-state index is 0.0787. The molecule has 4 heteroatoms. The van der Waals surface area contributed by atoms with Crippen molar-refractivity contribution in [2.75, 3.05) is 7.11 Å². The first-order valence-electron chi connectivity index (χ1n) is 2.59. The fraction of sp³-hybridized carbons (Fsp3) is 0.167. The number of rotatable bonds is 1. The normalized spacial score (nSPS) is 9.50. The number of nitrogens with zero attached hydrogens (tertiary/aromatic N) is 1. The summed E-state index contributed by atoms with van der Waals surface area (Å²) in [6.45, 7) is 0. The van der Waals surface area contributed by atoms with E-state index in [4.69, 9.17) is 11.6 Å². The second-order valence-electron chi connectivity index (χ2n) is 1.62. The summed E-state index contributed by atoms with van der Waals surface area (Å²) in [5.74, 6) is -0.407. The Balaban J connectivity index is 3.14. The van der Waals surface area contributed by atoms with Gasteiger partial charge in [0.2, 0.25) is 5.88 Å². The molecule has 0 fully saturated rings. The highest BCUT2D eigenvalue weighted by Gasteiger charge is 2.05. The second kappa shape index (κ2) is 2.84. The zero-order valence-electron chi connectivity index (χ0n) is 5.27.